The van der Waals surface area contributed by atoms with Crippen LogP contribution in [0.1, 0.15) is 35.7 Å². The van der Waals surface area contributed by atoms with Crippen LogP contribution in [0.25, 0.3) is 16.2 Å². The van der Waals surface area contributed by atoms with Gasteiger partial charge in [0.2, 0.25) is 0 Å². The molecule has 0 aliphatic rings. The van der Waals surface area contributed by atoms with E-state index >= 15 is 0 Å². The Morgan fingerprint density at radius 1 is 1.10 bits per heavy atom. The highest BCUT2D eigenvalue weighted by atomic mass is 16.5. The summed E-state index contributed by atoms with van der Waals surface area (Å²) in [5.41, 5.74) is 4.00. The van der Waals surface area contributed by atoms with Crippen molar-refractivity contribution in [1.29, 1.82) is 0 Å². The van der Waals surface area contributed by atoms with E-state index in [1.165, 1.54) is 0 Å². The number of benzene rings is 2. The predicted octanol–water partition coefficient (Wildman–Crippen LogP) is 4.59. The fourth-order valence-corrected chi connectivity index (χ4v) is 3.00. The summed E-state index contributed by atoms with van der Waals surface area (Å²) in [4.78, 5) is 7.54. The third kappa shape index (κ3) is 4.30. The standard InChI is InChI=1S/C24H18N4O2/c1-17(29)24-26-13-14-28(24)16-22-15-23(30-27-22)20-9-5-18(6-10-20)3-4-19-7-11-21(25-2)12-8-19/h5-15,17,29H,16H2,1H3/t17-/m0/s1. The summed E-state index contributed by atoms with van der Waals surface area (Å²) < 4.78 is 7.33. The van der Waals surface area contributed by atoms with Crippen LogP contribution in [0.4, 0.5) is 5.69 Å². The van der Waals surface area contributed by atoms with Gasteiger partial charge in [-0.25, -0.2) is 9.83 Å². The fraction of sp³-hybridized carbons (Fsp3) is 0.125. The van der Waals surface area contributed by atoms with Gasteiger partial charge < -0.3 is 14.2 Å². The topological polar surface area (TPSA) is 68.4 Å². The number of rotatable bonds is 4. The Morgan fingerprint density at radius 2 is 1.77 bits per heavy atom. The van der Waals surface area contributed by atoms with E-state index in [-0.39, 0.29) is 0 Å². The number of hydrogen-bond donors (Lipinski definition) is 1. The average molecular weight is 394 g/mol. The minimum Gasteiger partial charge on any atom is -0.385 e. The van der Waals surface area contributed by atoms with E-state index in [1.807, 2.05) is 47.0 Å². The molecule has 0 aliphatic carbocycles. The molecule has 0 radical (unpaired) electrons. The van der Waals surface area contributed by atoms with Crippen LogP contribution in [0.5, 0.6) is 0 Å². The largest absolute Gasteiger partial charge is 0.385 e. The smallest absolute Gasteiger partial charge is 0.187 e. The maximum absolute atomic E-state index is 9.77. The molecule has 0 amide bonds. The van der Waals surface area contributed by atoms with Crippen LogP contribution in [-0.4, -0.2) is 19.8 Å². The molecule has 2 aromatic heterocycles. The van der Waals surface area contributed by atoms with E-state index < -0.39 is 6.10 Å². The number of hydrogen-bond acceptors (Lipinski definition) is 4. The second-order valence-electron chi connectivity index (χ2n) is 6.76. The van der Waals surface area contributed by atoms with Gasteiger partial charge in [0.15, 0.2) is 11.4 Å². The summed E-state index contributed by atoms with van der Waals surface area (Å²) in [6.07, 6.45) is 2.81. The highest BCUT2D eigenvalue weighted by Gasteiger charge is 2.12. The number of aromatic nitrogens is 3. The van der Waals surface area contributed by atoms with Crippen molar-refractivity contribution < 1.29 is 9.63 Å². The zero-order chi connectivity index (χ0) is 20.9. The van der Waals surface area contributed by atoms with Crippen LogP contribution >= 0.6 is 0 Å². The van der Waals surface area contributed by atoms with Crippen LogP contribution in [-0.2, 0) is 6.54 Å². The second-order valence-corrected chi connectivity index (χ2v) is 6.76. The Bertz CT molecular complexity index is 1250. The molecule has 2 heterocycles. The number of aliphatic hydroxyl groups excluding tert-OH is 1. The van der Waals surface area contributed by atoms with Crippen LogP contribution in [0, 0.1) is 18.4 Å². The maximum Gasteiger partial charge on any atom is 0.187 e. The van der Waals surface area contributed by atoms with Crippen LogP contribution in [0.15, 0.2) is 71.5 Å². The summed E-state index contributed by atoms with van der Waals surface area (Å²) in [5, 5.41) is 13.9. The van der Waals surface area contributed by atoms with E-state index in [4.69, 9.17) is 11.1 Å². The molecule has 146 valence electrons. The maximum atomic E-state index is 9.77. The van der Waals surface area contributed by atoms with Crippen LogP contribution < -0.4 is 0 Å². The molecule has 30 heavy (non-hydrogen) atoms. The quantitative estimate of drug-likeness (QED) is 0.406. The molecule has 0 spiro atoms. The molecule has 0 saturated heterocycles. The third-order valence-electron chi connectivity index (χ3n) is 4.53. The van der Waals surface area contributed by atoms with Crippen molar-refractivity contribution >= 4 is 5.69 Å². The van der Waals surface area contributed by atoms with E-state index in [2.05, 4.69) is 26.8 Å². The SMILES string of the molecule is [C-]#[N+]c1ccc(C#Cc2ccc(-c3cc(Cn4ccnc4[C@H](C)O)no3)cc2)cc1. The van der Waals surface area contributed by atoms with Crippen molar-refractivity contribution in [2.24, 2.45) is 0 Å². The van der Waals surface area contributed by atoms with Crippen LogP contribution in [0.2, 0.25) is 0 Å². The molecule has 0 aliphatic heterocycles. The van der Waals surface area contributed by atoms with Crippen molar-refractivity contribution in [1.82, 2.24) is 14.7 Å². The third-order valence-corrected chi connectivity index (χ3v) is 4.53. The summed E-state index contributed by atoms with van der Waals surface area (Å²) >= 11 is 0. The Kier molecular flexibility index (Phi) is 5.43. The molecular formula is C24H18N4O2. The first-order valence-corrected chi connectivity index (χ1v) is 9.37. The molecule has 6 heteroatoms. The summed E-state index contributed by atoms with van der Waals surface area (Å²) in [5.74, 6) is 7.47. The molecule has 0 saturated carbocycles. The molecule has 1 atom stereocenters. The summed E-state index contributed by atoms with van der Waals surface area (Å²) in [7, 11) is 0. The first-order chi connectivity index (χ1) is 14.6. The fourth-order valence-electron chi connectivity index (χ4n) is 3.00. The lowest BCUT2D eigenvalue weighted by Crippen LogP contribution is -2.07. The number of nitrogens with zero attached hydrogens (tertiary/aromatic N) is 4. The lowest BCUT2D eigenvalue weighted by molar-refractivity contribution is 0.184. The van der Waals surface area contributed by atoms with Crippen molar-refractivity contribution in [2.75, 3.05) is 0 Å². The van der Waals surface area contributed by atoms with Gasteiger partial charge in [0.05, 0.1) is 13.1 Å². The first kappa shape index (κ1) is 19.2. The highest BCUT2D eigenvalue weighted by Crippen LogP contribution is 2.22. The summed E-state index contributed by atoms with van der Waals surface area (Å²) in [6, 6.07) is 16.8. The Labute approximate surface area is 174 Å². The monoisotopic (exact) mass is 394 g/mol. The van der Waals surface area contributed by atoms with Gasteiger partial charge in [-0.15, -0.1) is 0 Å². The molecule has 0 bridgehead atoms. The minimum atomic E-state index is -0.648. The number of aliphatic hydroxyl groups is 1. The van der Waals surface area contributed by atoms with E-state index in [0.29, 0.717) is 23.8 Å². The van der Waals surface area contributed by atoms with Gasteiger partial charge >= 0.3 is 0 Å². The Balaban J connectivity index is 1.46. The zero-order valence-electron chi connectivity index (χ0n) is 16.3. The molecule has 0 fully saturated rings. The van der Waals surface area contributed by atoms with Crippen molar-refractivity contribution in [3.63, 3.8) is 0 Å². The van der Waals surface area contributed by atoms with Crippen molar-refractivity contribution in [3.8, 4) is 23.2 Å². The van der Waals surface area contributed by atoms with Gasteiger partial charge in [0.1, 0.15) is 17.6 Å². The average Bonchev–Trinajstić information content (AvgIpc) is 3.43. The molecule has 0 unspecified atom stereocenters. The predicted molar refractivity (Wildman–Crippen MR) is 113 cm³/mol. The molecule has 2 aromatic carbocycles. The van der Waals surface area contributed by atoms with Gasteiger partial charge in [-0.05, 0) is 31.2 Å². The lowest BCUT2D eigenvalue weighted by atomic mass is 10.1. The van der Waals surface area contributed by atoms with E-state index in [9.17, 15) is 5.11 Å². The van der Waals surface area contributed by atoms with Crippen molar-refractivity contribution in [2.45, 2.75) is 19.6 Å². The highest BCUT2D eigenvalue weighted by molar-refractivity contribution is 5.59. The van der Waals surface area contributed by atoms with E-state index in [1.54, 1.807) is 31.5 Å². The molecule has 4 rings (SSSR count). The van der Waals surface area contributed by atoms with Crippen molar-refractivity contribution in [3.05, 3.63) is 101 Å². The van der Waals surface area contributed by atoms with E-state index in [0.717, 1.165) is 22.4 Å². The molecular weight excluding hydrogens is 376 g/mol. The lowest BCUT2D eigenvalue weighted by Gasteiger charge is -2.07. The zero-order valence-corrected chi connectivity index (χ0v) is 16.3. The van der Waals surface area contributed by atoms with Gasteiger partial charge in [0.25, 0.3) is 0 Å². The van der Waals surface area contributed by atoms with Gasteiger partial charge in [-0.3, -0.25) is 0 Å². The molecule has 4 aromatic rings. The minimum absolute atomic E-state index is 0.472. The van der Waals surface area contributed by atoms with Gasteiger partial charge in [-0.2, -0.15) is 0 Å². The second kappa shape index (κ2) is 8.48. The van der Waals surface area contributed by atoms with Gasteiger partial charge in [-0.1, -0.05) is 41.3 Å². The Hall–Kier alpha value is -4.13. The first-order valence-electron chi connectivity index (χ1n) is 9.37. The van der Waals surface area contributed by atoms with Gasteiger partial charge in [0, 0.05) is 35.2 Å². The molecule has 1 N–H and O–H groups in total. The summed E-state index contributed by atoms with van der Waals surface area (Å²) in [6.45, 7) is 9.13. The Morgan fingerprint density at radius 3 is 2.40 bits per heavy atom. The van der Waals surface area contributed by atoms with Crippen LogP contribution in [0.3, 0.4) is 0 Å². The number of imidazole rings is 1. The normalized spacial score (nSPS) is 11.4. The molecule has 6 nitrogen and oxygen atoms in total.